The summed E-state index contributed by atoms with van der Waals surface area (Å²) in [6, 6.07) is 0. The standard InChI is InChI=1S/C4H5Cl2N/c5-3-1-7-2-4(3)6/h1,4,7H,2H2. The lowest BCUT2D eigenvalue weighted by Gasteiger charge is -1.92. The molecule has 0 fully saturated rings. The summed E-state index contributed by atoms with van der Waals surface area (Å²) in [5.41, 5.74) is 0. The Labute approximate surface area is 52.3 Å². The molecule has 1 N–H and O–H groups in total. The highest BCUT2D eigenvalue weighted by molar-refractivity contribution is 6.37. The number of hydrogen-bond acceptors (Lipinski definition) is 1. The van der Waals surface area contributed by atoms with Gasteiger partial charge < -0.3 is 5.32 Å². The van der Waals surface area contributed by atoms with E-state index in [2.05, 4.69) is 5.32 Å². The highest BCUT2D eigenvalue weighted by Crippen LogP contribution is 2.16. The van der Waals surface area contributed by atoms with E-state index in [9.17, 15) is 0 Å². The molecule has 0 spiro atoms. The van der Waals surface area contributed by atoms with Gasteiger partial charge in [-0.1, -0.05) is 11.6 Å². The zero-order chi connectivity index (χ0) is 5.28. The molecule has 0 aromatic heterocycles. The molecule has 3 heteroatoms. The van der Waals surface area contributed by atoms with Crippen LogP contribution in [0, 0.1) is 0 Å². The lowest BCUT2D eigenvalue weighted by Crippen LogP contribution is -2.07. The first-order valence-electron chi connectivity index (χ1n) is 2.04. The van der Waals surface area contributed by atoms with Crippen molar-refractivity contribution in [3.8, 4) is 0 Å². The highest BCUT2D eigenvalue weighted by Gasteiger charge is 2.12. The number of halogens is 2. The summed E-state index contributed by atoms with van der Waals surface area (Å²) in [5, 5.41) is 3.61. The molecule has 1 nitrogen and oxygen atoms in total. The zero-order valence-electron chi connectivity index (χ0n) is 3.62. The lowest BCUT2D eigenvalue weighted by atomic mass is 10.5. The first kappa shape index (κ1) is 5.26. The predicted molar refractivity (Wildman–Crippen MR) is 31.6 cm³/mol. The van der Waals surface area contributed by atoms with Crippen LogP contribution in [0.3, 0.4) is 0 Å². The summed E-state index contributed by atoms with van der Waals surface area (Å²) >= 11 is 11.1. The fourth-order valence-corrected chi connectivity index (χ4v) is 0.754. The SMILES string of the molecule is ClC1=CNCC1Cl. The quantitative estimate of drug-likeness (QED) is 0.497. The Morgan fingerprint density at radius 2 is 2.57 bits per heavy atom. The van der Waals surface area contributed by atoms with E-state index in [0.717, 1.165) is 6.54 Å². The number of nitrogens with one attached hydrogen (secondary N) is 1. The van der Waals surface area contributed by atoms with Crippen LogP contribution < -0.4 is 5.32 Å². The molecule has 7 heavy (non-hydrogen) atoms. The highest BCUT2D eigenvalue weighted by atomic mass is 35.5. The van der Waals surface area contributed by atoms with Crippen LogP contribution in [0.2, 0.25) is 0 Å². The van der Waals surface area contributed by atoms with Gasteiger partial charge in [0.05, 0.1) is 10.4 Å². The maximum Gasteiger partial charge on any atom is 0.0878 e. The second-order valence-corrected chi connectivity index (χ2v) is 2.37. The van der Waals surface area contributed by atoms with E-state index in [1.54, 1.807) is 6.20 Å². The Kier molecular flexibility index (Phi) is 1.45. The van der Waals surface area contributed by atoms with Gasteiger partial charge in [0.15, 0.2) is 0 Å². The van der Waals surface area contributed by atoms with Crippen LogP contribution in [0.4, 0.5) is 0 Å². The largest absolute Gasteiger partial charge is 0.388 e. The van der Waals surface area contributed by atoms with Gasteiger partial charge in [0, 0.05) is 12.7 Å². The smallest absolute Gasteiger partial charge is 0.0878 e. The summed E-state index contributed by atoms with van der Waals surface area (Å²) < 4.78 is 0. The van der Waals surface area contributed by atoms with Crippen LogP contribution in [-0.4, -0.2) is 11.9 Å². The van der Waals surface area contributed by atoms with Crippen molar-refractivity contribution in [2.45, 2.75) is 5.38 Å². The zero-order valence-corrected chi connectivity index (χ0v) is 5.13. The third-order valence-electron chi connectivity index (χ3n) is 0.836. The first-order chi connectivity index (χ1) is 3.30. The van der Waals surface area contributed by atoms with Gasteiger partial charge in [-0.25, -0.2) is 0 Å². The molecule has 1 unspecified atom stereocenters. The molecule has 1 aliphatic rings. The van der Waals surface area contributed by atoms with Crippen LogP contribution >= 0.6 is 23.2 Å². The van der Waals surface area contributed by atoms with Crippen molar-refractivity contribution in [3.05, 3.63) is 11.2 Å². The van der Waals surface area contributed by atoms with Crippen molar-refractivity contribution in [3.63, 3.8) is 0 Å². The maximum absolute atomic E-state index is 5.60. The van der Waals surface area contributed by atoms with Crippen LogP contribution in [-0.2, 0) is 0 Å². The molecular formula is C4H5Cl2N. The Morgan fingerprint density at radius 1 is 1.86 bits per heavy atom. The van der Waals surface area contributed by atoms with Gasteiger partial charge in [-0.2, -0.15) is 0 Å². The van der Waals surface area contributed by atoms with Crippen molar-refractivity contribution in [1.29, 1.82) is 0 Å². The lowest BCUT2D eigenvalue weighted by molar-refractivity contribution is 0.919. The van der Waals surface area contributed by atoms with Crippen LogP contribution in [0.5, 0.6) is 0 Å². The number of alkyl halides is 1. The van der Waals surface area contributed by atoms with Gasteiger partial charge in [-0.3, -0.25) is 0 Å². The Morgan fingerprint density at radius 3 is 2.71 bits per heavy atom. The van der Waals surface area contributed by atoms with E-state index in [1.165, 1.54) is 0 Å². The van der Waals surface area contributed by atoms with Crippen molar-refractivity contribution in [2.75, 3.05) is 6.54 Å². The first-order valence-corrected chi connectivity index (χ1v) is 2.85. The van der Waals surface area contributed by atoms with Crippen molar-refractivity contribution in [2.24, 2.45) is 0 Å². The van der Waals surface area contributed by atoms with Gasteiger partial charge >= 0.3 is 0 Å². The van der Waals surface area contributed by atoms with Crippen molar-refractivity contribution >= 4 is 23.2 Å². The van der Waals surface area contributed by atoms with E-state index in [1.807, 2.05) is 0 Å². The fraction of sp³-hybridized carbons (Fsp3) is 0.500. The molecule has 0 radical (unpaired) electrons. The molecule has 0 bridgehead atoms. The minimum Gasteiger partial charge on any atom is -0.388 e. The third-order valence-corrected chi connectivity index (χ3v) is 1.71. The average Bonchev–Trinajstić information content (AvgIpc) is 1.91. The minimum atomic E-state index is 0.00154. The fourth-order valence-electron chi connectivity index (χ4n) is 0.448. The van der Waals surface area contributed by atoms with E-state index < -0.39 is 0 Å². The molecule has 0 saturated heterocycles. The van der Waals surface area contributed by atoms with E-state index >= 15 is 0 Å². The second kappa shape index (κ2) is 1.93. The minimum absolute atomic E-state index is 0.00154. The molecule has 0 amide bonds. The Hall–Kier alpha value is 0.120. The van der Waals surface area contributed by atoms with Gasteiger partial charge in [0.2, 0.25) is 0 Å². The van der Waals surface area contributed by atoms with E-state index in [4.69, 9.17) is 23.2 Å². The van der Waals surface area contributed by atoms with Crippen LogP contribution in [0.25, 0.3) is 0 Å². The second-order valence-electron chi connectivity index (χ2n) is 1.41. The summed E-state index contributed by atoms with van der Waals surface area (Å²) in [6.07, 6.45) is 1.72. The van der Waals surface area contributed by atoms with Crippen LogP contribution in [0.1, 0.15) is 0 Å². The summed E-state index contributed by atoms with van der Waals surface area (Å²) in [5.74, 6) is 0. The topological polar surface area (TPSA) is 12.0 Å². The molecule has 1 atom stereocenters. The average molecular weight is 138 g/mol. The molecule has 40 valence electrons. The van der Waals surface area contributed by atoms with Gasteiger partial charge in [-0.15, -0.1) is 11.6 Å². The third kappa shape index (κ3) is 1.01. The molecule has 0 aromatic rings. The summed E-state index contributed by atoms with van der Waals surface area (Å²) in [7, 11) is 0. The van der Waals surface area contributed by atoms with Crippen LogP contribution in [0.15, 0.2) is 11.2 Å². The van der Waals surface area contributed by atoms with Gasteiger partial charge in [0.25, 0.3) is 0 Å². The predicted octanol–water partition coefficient (Wildman–Crippen LogP) is 1.28. The van der Waals surface area contributed by atoms with Gasteiger partial charge in [-0.05, 0) is 0 Å². The number of rotatable bonds is 0. The molecular weight excluding hydrogens is 133 g/mol. The molecule has 1 heterocycles. The Bertz CT molecular complexity index is 99.9. The molecule has 0 aromatic carbocycles. The summed E-state index contributed by atoms with van der Waals surface area (Å²) in [4.78, 5) is 0. The summed E-state index contributed by atoms with van der Waals surface area (Å²) in [6.45, 7) is 0.764. The molecule has 1 rings (SSSR count). The maximum atomic E-state index is 5.60. The number of hydrogen-bond donors (Lipinski definition) is 1. The molecule has 1 aliphatic heterocycles. The monoisotopic (exact) mass is 137 g/mol. The van der Waals surface area contributed by atoms with Crippen molar-refractivity contribution < 1.29 is 0 Å². The molecule has 0 aliphatic carbocycles. The Balaban J connectivity index is 2.54. The van der Waals surface area contributed by atoms with E-state index in [-0.39, 0.29) is 5.38 Å². The molecule has 0 saturated carbocycles. The van der Waals surface area contributed by atoms with Gasteiger partial charge in [0.1, 0.15) is 0 Å². The normalized spacial score (nSPS) is 29.4. The van der Waals surface area contributed by atoms with Crippen molar-refractivity contribution in [1.82, 2.24) is 5.32 Å². The van der Waals surface area contributed by atoms with E-state index in [0.29, 0.717) is 5.03 Å².